The van der Waals surface area contributed by atoms with Crippen molar-refractivity contribution in [2.75, 3.05) is 13.2 Å². The van der Waals surface area contributed by atoms with E-state index in [-0.39, 0.29) is 0 Å². The maximum atomic E-state index is 5.43. The monoisotopic (exact) mass is 338 g/mol. The van der Waals surface area contributed by atoms with E-state index in [4.69, 9.17) is 4.74 Å². The van der Waals surface area contributed by atoms with Crippen LogP contribution in [-0.2, 0) is 4.74 Å². The summed E-state index contributed by atoms with van der Waals surface area (Å²) in [5, 5.41) is 0. The van der Waals surface area contributed by atoms with E-state index in [1.165, 1.54) is 44.9 Å². The van der Waals surface area contributed by atoms with Crippen molar-refractivity contribution in [3.05, 3.63) is 0 Å². The maximum Gasteiger partial charge on any atom is 0.0471 e. The Kier molecular flexibility index (Phi) is 8.80. The molecule has 0 bridgehead atoms. The molecule has 1 heteroatoms. The Balaban J connectivity index is 0.000000240. The zero-order chi connectivity index (χ0) is 18.4. The summed E-state index contributed by atoms with van der Waals surface area (Å²) in [5.74, 6) is 3.33. The third-order valence-electron chi connectivity index (χ3n) is 7.81. The van der Waals surface area contributed by atoms with Gasteiger partial charge >= 0.3 is 0 Å². The molecule has 2 rings (SSSR count). The van der Waals surface area contributed by atoms with Crippen LogP contribution in [0.1, 0.15) is 100 Å². The fourth-order valence-corrected chi connectivity index (χ4v) is 5.60. The van der Waals surface area contributed by atoms with E-state index >= 15 is 0 Å². The highest BCUT2D eigenvalue weighted by Gasteiger charge is 2.38. The molecule has 1 saturated carbocycles. The number of hydrogen-bond acceptors (Lipinski definition) is 1. The second-order valence-corrected chi connectivity index (χ2v) is 9.76. The number of hydrogen-bond donors (Lipinski definition) is 0. The highest BCUT2D eigenvalue weighted by atomic mass is 16.5. The summed E-state index contributed by atoms with van der Waals surface area (Å²) in [6.07, 6.45) is 9.86. The lowest BCUT2D eigenvalue weighted by Gasteiger charge is -2.44. The average molecular weight is 339 g/mol. The van der Waals surface area contributed by atoms with E-state index in [1.54, 1.807) is 0 Å². The van der Waals surface area contributed by atoms with Crippen LogP contribution in [0.15, 0.2) is 0 Å². The van der Waals surface area contributed by atoms with E-state index in [9.17, 15) is 0 Å². The Hall–Kier alpha value is -0.0400. The molecule has 0 spiro atoms. The van der Waals surface area contributed by atoms with Gasteiger partial charge in [0.05, 0.1) is 0 Å². The minimum Gasteiger partial charge on any atom is -0.381 e. The maximum absolute atomic E-state index is 5.43. The molecule has 0 amide bonds. The van der Waals surface area contributed by atoms with Crippen LogP contribution in [0, 0.1) is 34.5 Å². The molecule has 24 heavy (non-hydrogen) atoms. The van der Waals surface area contributed by atoms with Crippen LogP contribution in [0.3, 0.4) is 0 Å². The molecule has 1 saturated heterocycles. The van der Waals surface area contributed by atoms with Crippen LogP contribution in [-0.4, -0.2) is 13.2 Å². The molecule has 1 aliphatic carbocycles. The molecule has 0 N–H and O–H groups in total. The molecule has 1 nitrogen and oxygen atoms in total. The van der Waals surface area contributed by atoms with Gasteiger partial charge in [0.15, 0.2) is 0 Å². The molecule has 2 fully saturated rings. The molecule has 0 aromatic rings. The summed E-state index contributed by atoms with van der Waals surface area (Å²) in [5.41, 5.74) is 1.23. The van der Waals surface area contributed by atoms with Crippen LogP contribution in [0.4, 0.5) is 0 Å². The lowest BCUT2D eigenvalue weighted by Crippen LogP contribution is -2.38. The smallest absolute Gasteiger partial charge is 0.0471 e. The van der Waals surface area contributed by atoms with E-state index in [1.807, 2.05) is 0 Å². The minimum absolute atomic E-state index is 0.554. The van der Waals surface area contributed by atoms with Gasteiger partial charge in [-0.15, -0.1) is 0 Å². The molecular weight excluding hydrogens is 292 g/mol. The quantitative estimate of drug-likeness (QED) is 0.521. The van der Waals surface area contributed by atoms with Gasteiger partial charge in [0, 0.05) is 13.2 Å². The Bertz CT molecular complexity index is 274. The van der Waals surface area contributed by atoms with Gasteiger partial charge in [-0.2, -0.15) is 0 Å². The van der Waals surface area contributed by atoms with Gasteiger partial charge in [-0.1, -0.05) is 74.7 Å². The van der Waals surface area contributed by atoms with Crippen molar-refractivity contribution in [2.45, 2.75) is 100 Å². The van der Waals surface area contributed by atoms with Gasteiger partial charge < -0.3 is 4.74 Å². The van der Waals surface area contributed by atoms with E-state index in [2.05, 4.69) is 55.4 Å². The van der Waals surface area contributed by atoms with E-state index in [0.29, 0.717) is 10.8 Å². The first-order chi connectivity index (χ1) is 11.2. The van der Waals surface area contributed by atoms with Crippen molar-refractivity contribution in [1.82, 2.24) is 0 Å². The summed E-state index contributed by atoms with van der Waals surface area (Å²) in [7, 11) is 0. The predicted octanol–water partition coefficient (Wildman–Crippen LogP) is 7.34. The van der Waals surface area contributed by atoms with Gasteiger partial charge in [0.2, 0.25) is 0 Å². The van der Waals surface area contributed by atoms with Crippen molar-refractivity contribution in [3.8, 4) is 0 Å². The fourth-order valence-electron chi connectivity index (χ4n) is 5.60. The fraction of sp³-hybridized carbons (Fsp3) is 1.00. The highest BCUT2D eigenvalue weighted by molar-refractivity contribution is 4.88. The van der Waals surface area contributed by atoms with Crippen LogP contribution in [0.5, 0.6) is 0 Å². The summed E-state index contributed by atoms with van der Waals surface area (Å²) >= 11 is 0. The molecule has 1 aliphatic heterocycles. The van der Waals surface area contributed by atoms with Crippen LogP contribution < -0.4 is 0 Å². The number of ether oxygens (including phenoxy) is 1. The Morgan fingerprint density at radius 1 is 0.500 bits per heavy atom. The molecule has 0 unspecified atom stereocenters. The molecule has 144 valence electrons. The largest absolute Gasteiger partial charge is 0.381 e. The third kappa shape index (κ3) is 4.99. The van der Waals surface area contributed by atoms with Gasteiger partial charge in [-0.3, -0.25) is 0 Å². The summed E-state index contributed by atoms with van der Waals surface area (Å²) < 4.78 is 5.43. The van der Waals surface area contributed by atoms with E-state index < -0.39 is 0 Å². The summed E-state index contributed by atoms with van der Waals surface area (Å²) in [6, 6.07) is 0. The lowest BCUT2D eigenvalue weighted by molar-refractivity contribution is -0.0381. The summed E-state index contributed by atoms with van der Waals surface area (Å²) in [6.45, 7) is 21.0. The van der Waals surface area contributed by atoms with Crippen molar-refractivity contribution >= 4 is 0 Å². The Labute approximate surface area is 153 Å². The molecule has 1 heterocycles. The topological polar surface area (TPSA) is 9.23 Å². The summed E-state index contributed by atoms with van der Waals surface area (Å²) in [4.78, 5) is 0. The first-order valence-corrected chi connectivity index (χ1v) is 10.8. The zero-order valence-corrected chi connectivity index (χ0v) is 18.1. The second kappa shape index (κ2) is 9.60. The first-order valence-electron chi connectivity index (χ1n) is 10.8. The van der Waals surface area contributed by atoms with Crippen LogP contribution in [0.2, 0.25) is 0 Å². The van der Waals surface area contributed by atoms with Crippen molar-refractivity contribution in [3.63, 3.8) is 0 Å². The molecule has 0 aromatic heterocycles. The predicted molar refractivity (Wildman–Crippen MR) is 107 cm³/mol. The molecule has 0 atom stereocenters. The molecule has 2 aliphatic rings. The minimum atomic E-state index is 0.554. The first kappa shape index (κ1) is 22.0. The van der Waals surface area contributed by atoms with Gasteiger partial charge in [-0.25, -0.2) is 0 Å². The Morgan fingerprint density at radius 2 is 0.833 bits per heavy atom. The van der Waals surface area contributed by atoms with Crippen LogP contribution >= 0.6 is 0 Å². The SMILES string of the molecule is CC(C)C1(C(C)C)CCCCC1.CC(C)C1(C(C)C)CCOCC1. The lowest BCUT2D eigenvalue weighted by atomic mass is 9.61. The highest BCUT2D eigenvalue weighted by Crippen LogP contribution is 2.48. The van der Waals surface area contributed by atoms with Crippen LogP contribution in [0.25, 0.3) is 0 Å². The Morgan fingerprint density at radius 3 is 1.08 bits per heavy atom. The van der Waals surface area contributed by atoms with Gasteiger partial charge in [0.25, 0.3) is 0 Å². The molecule has 0 radical (unpaired) electrons. The van der Waals surface area contributed by atoms with Crippen molar-refractivity contribution in [1.29, 1.82) is 0 Å². The third-order valence-corrected chi connectivity index (χ3v) is 7.81. The van der Waals surface area contributed by atoms with Crippen molar-refractivity contribution in [2.24, 2.45) is 34.5 Å². The van der Waals surface area contributed by atoms with Gasteiger partial charge in [0.1, 0.15) is 0 Å². The van der Waals surface area contributed by atoms with Gasteiger partial charge in [-0.05, 0) is 60.2 Å². The molecule has 0 aromatic carbocycles. The second-order valence-electron chi connectivity index (χ2n) is 9.76. The zero-order valence-electron chi connectivity index (χ0n) is 18.1. The molecular formula is C23H46O. The van der Waals surface area contributed by atoms with Crippen molar-refractivity contribution < 1.29 is 4.74 Å². The number of rotatable bonds is 4. The standard InChI is InChI=1S/C12H24.C11H22O/c1-10(2)12(11(3)4)8-6-5-7-9-12;1-9(2)11(10(3)4)5-7-12-8-6-11/h10-11H,5-9H2,1-4H3;9-10H,5-8H2,1-4H3. The van der Waals surface area contributed by atoms with E-state index in [0.717, 1.165) is 36.9 Å². The normalized spacial score (nSPS) is 23.5. The average Bonchev–Trinajstić information content (AvgIpc) is 2.56.